The summed E-state index contributed by atoms with van der Waals surface area (Å²) in [7, 11) is 4.27. The maximum Gasteiger partial charge on any atom is 0.206 e. The number of hydrogen-bond acceptors (Lipinski definition) is 5. The lowest BCUT2D eigenvalue weighted by atomic mass is 9.92. The Labute approximate surface area is 132 Å². The topological polar surface area (TPSA) is 61.8 Å². The number of rotatable bonds is 3. The molecule has 7 heteroatoms. The first-order valence-electron chi connectivity index (χ1n) is 5.45. The molecule has 1 aromatic carbocycles. The van der Waals surface area contributed by atoms with Gasteiger partial charge in [-0.25, -0.2) is 0 Å². The van der Waals surface area contributed by atoms with Crippen LogP contribution in [-0.2, 0) is 0 Å². The van der Waals surface area contributed by atoms with E-state index in [9.17, 15) is 9.59 Å². The molecule has 0 spiro atoms. The zero-order chi connectivity index (χ0) is 15.0. The molecule has 0 aliphatic heterocycles. The highest BCUT2D eigenvalue weighted by Gasteiger charge is 2.37. The maximum absolute atomic E-state index is 12.4. The maximum atomic E-state index is 12.4. The third-order valence-electron chi connectivity index (χ3n) is 2.90. The molecule has 1 aromatic rings. The molecule has 0 radical (unpaired) electrons. The summed E-state index contributed by atoms with van der Waals surface area (Å²) < 4.78 is 15.9. The average molecular weight is 406 g/mol. The molecule has 20 heavy (non-hydrogen) atoms. The largest absolute Gasteiger partial charge is 0.496 e. The summed E-state index contributed by atoms with van der Waals surface area (Å²) in [6.07, 6.45) is 0. The molecule has 0 fully saturated rings. The quantitative estimate of drug-likeness (QED) is 0.773. The number of benzene rings is 1. The van der Waals surface area contributed by atoms with Crippen molar-refractivity contribution in [2.24, 2.45) is 0 Å². The molecule has 0 saturated carbocycles. The number of ketones is 2. The second-order valence-corrected chi connectivity index (χ2v) is 5.44. The molecule has 0 bridgehead atoms. The van der Waals surface area contributed by atoms with Crippen LogP contribution >= 0.6 is 31.9 Å². The molecule has 1 aliphatic carbocycles. The molecule has 5 nitrogen and oxygen atoms in total. The molecule has 0 heterocycles. The number of hydrogen-bond donors (Lipinski definition) is 0. The van der Waals surface area contributed by atoms with Crippen molar-refractivity contribution in [2.75, 3.05) is 21.3 Å². The number of fused-ring (bicyclic) bond motifs is 1. The lowest BCUT2D eigenvalue weighted by molar-refractivity contribution is 0.0983. The first kappa shape index (κ1) is 15.1. The van der Waals surface area contributed by atoms with Crippen LogP contribution in [-0.4, -0.2) is 32.9 Å². The van der Waals surface area contributed by atoms with Gasteiger partial charge in [0.15, 0.2) is 11.5 Å². The van der Waals surface area contributed by atoms with Crippen molar-refractivity contribution in [1.29, 1.82) is 0 Å². The Morgan fingerprint density at radius 1 is 0.800 bits per heavy atom. The molecule has 0 aromatic heterocycles. The fraction of sp³-hybridized carbons (Fsp3) is 0.231. The van der Waals surface area contributed by atoms with Gasteiger partial charge in [0.2, 0.25) is 11.6 Å². The predicted molar refractivity (Wildman–Crippen MR) is 79.6 cm³/mol. The van der Waals surface area contributed by atoms with Crippen LogP contribution < -0.4 is 14.2 Å². The summed E-state index contributed by atoms with van der Waals surface area (Å²) in [4.78, 5) is 24.8. The predicted octanol–water partition coefficient (Wildman–Crippen LogP) is 3.09. The van der Waals surface area contributed by atoms with E-state index in [2.05, 4.69) is 31.9 Å². The molecule has 0 atom stereocenters. The lowest BCUT2D eigenvalue weighted by Crippen LogP contribution is -2.20. The van der Waals surface area contributed by atoms with Crippen LogP contribution in [0.4, 0.5) is 0 Å². The minimum Gasteiger partial charge on any atom is -0.496 e. The van der Waals surface area contributed by atoms with E-state index in [1.54, 1.807) is 0 Å². The number of ether oxygens (including phenoxy) is 3. The molecule has 106 valence electrons. The van der Waals surface area contributed by atoms with E-state index in [1.807, 2.05) is 0 Å². The lowest BCUT2D eigenvalue weighted by Gasteiger charge is -2.21. The molecule has 1 aliphatic rings. The Balaban J connectivity index is 2.90. The molecular formula is C13H10Br2O5. The van der Waals surface area contributed by atoms with Gasteiger partial charge in [0.1, 0.15) is 5.75 Å². The zero-order valence-electron chi connectivity index (χ0n) is 10.9. The number of methoxy groups -OCH3 is 3. The number of Topliss-reactive ketones (excluding diaryl/α,β-unsaturated/α-hetero) is 2. The van der Waals surface area contributed by atoms with E-state index in [4.69, 9.17) is 14.2 Å². The van der Waals surface area contributed by atoms with Crippen molar-refractivity contribution >= 4 is 43.4 Å². The summed E-state index contributed by atoms with van der Waals surface area (Å²) in [6.45, 7) is 0. The Morgan fingerprint density at radius 3 is 1.75 bits per heavy atom. The highest BCUT2D eigenvalue weighted by Crippen LogP contribution is 2.45. The molecule has 0 amide bonds. The highest BCUT2D eigenvalue weighted by atomic mass is 79.9. The molecule has 2 rings (SSSR count). The number of allylic oxidation sites excluding steroid dienone is 2. The van der Waals surface area contributed by atoms with Crippen molar-refractivity contribution in [3.05, 3.63) is 26.2 Å². The number of halogens is 2. The smallest absolute Gasteiger partial charge is 0.206 e. The second kappa shape index (κ2) is 5.57. The normalized spacial score (nSPS) is 14.2. The summed E-state index contributed by atoms with van der Waals surface area (Å²) >= 11 is 6.22. The first-order chi connectivity index (χ1) is 9.47. The second-order valence-electron chi connectivity index (χ2n) is 3.85. The van der Waals surface area contributed by atoms with E-state index in [-0.39, 0.29) is 43.2 Å². The molecule has 0 N–H and O–H groups in total. The van der Waals surface area contributed by atoms with Crippen LogP contribution in [0.5, 0.6) is 17.2 Å². The third kappa shape index (κ3) is 2.05. The summed E-state index contributed by atoms with van der Waals surface area (Å²) in [5.74, 6) is 0.0546. The Hall–Kier alpha value is -1.34. The van der Waals surface area contributed by atoms with Gasteiger partial charge in [0.05, 0.1) is 41.4 Å². The number of carbonyl (C=O) groups excluding carboxylic acids is 2. The Morgan fingerprint density at radius 2 is 1.30 bits per heavy atom. The molecule has 0 saturated heterocycles. The highest BCUT2D eigenvalue weighted by molar-refractivity contribution is 9.14. The monoisotopic (exact) mass is 404 g/mol. The van der Waals surface area contributed by atoms with Crippen LogP contribution in [0, 0.1) is 0 Å². The van der Waals surface area contributed by atoms with Gasteiger partial charge in [-0.1, -0.05) is 0 Å². The van der Waals surface area contributed by atoms with Crippen LogP contribution in [0.3, 0.4) is 0 Å². The van der Waals surface area contributed by atoms with Gasteiger partial charge in [-0.2, -0.15) is 0 Å². The van der Waals surface area contributed by atoms with E-state index >= 15 is 0 Å². The van der Waals surface area contributed by atoms with Gasteiger partial charge in [0, 0.05) is 6.07 Å². The van der Waals surface area contributed by atoms with Crippen molar-refractivity contribution in [3.8, 4) is 17.2 Å². The van der Waals surface area contributed by atoms with Crippen molar-refractivity contribution in [1.82, 2.24) is 0 Å². The Kier molecular flexibility index (Phi) is 4.19. The van der Waals surface area contributed by atoms with Crippen LogP contribution in [0.25, 0.3) is 0 Å². The minimum absolute atomic E-state index is 0.128. The van der Waals surface area contributed by atoms with E-state index in [0.29, 0.717) is 5.75 Å². The fourth-order valence-corrected chi connectivity index (χ4v) is 2.75. The van der Waals surface area contributed by atoms with Gasteiger partial charge in [0.25, 0.3) is 0 Å². The minimum atomic E-state index is -0.375. The van der Waals surface area contributed by atoms with E-state index < -0.39 is 0 Å². The summed E-state index contributed by atoms with van der Waals surface area (Å²) in [6, 6.07) is 1.52. The summed E-state index contributed by atoms with van der Waals surface area (Å²) in [5.41, 5.74) is 0.286. The van der Waals surface area contributed by atoms with E-state index in [0.717, 1.165) is 0 Å². The Bertz CT molecular complexity index is 649. The van der Waals surface area contributed by atoms with Crippen molar-refractivity contribution in [2.45, 2.75) is 0 Å². The third-order valence-corrected chi connectivity index (χ3v) is 4.94. The SMILES string of the molecule is COc1cc(OC)c2c(c1OC)C(=O)C(Br)=C(Br)C2=O. The van der Waals surface area contributed by atoms with Gasteiger partial charge < -0.3 is 14.2 Å². The van der Waals surface area contributed by atoms with Gasteiger partial charge >= 0.3 is 0 Å². The summed E-state index contributed by atoms with van der Waals surface area (Å²) in [5, 5.41) is 0. The van der Waals surface area contributed by atoms with Crippen molar-refractivity contribution in [3.63, 3.8) is 0 Å². The zero-order valence-corrected chi connectivity index (χ0v) is 14.0. The van der Waals surface area contributed by atoms with Gasteiger partial charge in [-0.3, -0.25) is 9.59 Å². The number of carbonyl (C=O) groups is 2. The molecular weight excluding hydrogens is 396 g/mol. The van der Waals surface area contributed by atoms with E-state index in [1.165, 1.54) is 27.4 Å². The van der Waals surface area contributed by atoms with Gasteiger partial charge in [-0.15, -0.1) is 0 Å². The van der Waals surface area contributed by atoms with Crippen molar-refractivity contribution < 1.29 is 23.8 Å². The van der Waals surface area contributed by atoms with Gasteiger partial charge in [-0.05, 0) is 31.9 Å². The first-order valence-corrected chi connectivity index (χ1v) is 7.04. The van der Waals surface area contributed by atoms with Crippen LogP contribution in [0.15, 0.2) is 15.0 Å². The van der Waals surface area contributed by atoms with Crippen LogP contribution in [0.1, 0.15) is 20.7 Å². The van der Waals surface area contributed by atoms with Crippen LogP contribution in [0.2, 0.25) is 0 Å². The average Bonchev–Trinajstić information content (AvgIpc) is 2.48. The standard InChI is InChI=1S/C13H10Br2O5/c1-18-5-4-6(19-2)13(20-3)8-7(5)11(16)9(14)10(15)12(8)17/h4H,1-3H3. The molecule has 0 unspecified atom stereocenters. The fourth-order valence-electron chi connectivity index (χ4n) is 1.99.